The number of benzene rings is 2. The first-order valence-corrected chi connectivity index (χ1v) is 12.0. The van der Waals surface area contributed by atoms with Crippen LogP contribution in [0.2, 0.25) is 5.02 Å². The molecule has 0 aliphatic carbocycles. The number of methoxy groups -OCH3 is 1. The van der Waals surface area contributed by atoms with E-state index >= 15 is 0 Å². The zero-order chi connectivity index (χ0) is 24.1. The van der Waals surface area contributed by atoms with Gasteiger partial charge in [0.1, 0.15) is 11.3 Å². The number of halogens is 1. The molecule has 4 aliphatic rings. The molecule has 176 valence electrons. The number of ether oxygens (including phenoxy) is 1. The van der Waals surface area contributed by atoms with Crippen molar-refractivity contribution < 1.29 is 19.1 Å². The fourth-order valence-electron chi connectivity index (χ4n) is 6.88. The van der Waals surface area contributed by atoms with Gasteiger partial charge < -0.3 is 10.1 Å². The van der Waals surface area contributed by atoms with Crippen molar-refractivity contribution in [2.45, 2.75) is 45.2 Å². The van der Waals surface area contributed by atoms with E-state index in [4.69, 9.17) is 16.3 Å². The van der Waals surface area contributed by atoms with Crippen LogP contribution in [0.4, 0.5) is 11.4 Å². The average molecular weight is 480 g/mol. The van der Waals surface area contributed by atoms with Crippen LogP contribution in [0.15, 0.2) is 24.3 Å². The molecule has 3 fully saturated rings. The topological polar surface area (TPSA) is 79.0 Å². The largest absolute Gasteiger partial charge is 0.495 e. The van der Waals surface area contributed by atoms with Crippen molar-refractivity contribution in [3.05, 3.63) is 51.5 Å². The molecule has 0 radical (unpaired) electrons. The minimum Gasteiger partial charge on any atom is -0.495 e. The lowest BCUT2D eigenvalue weighted by Crippen LogP contribution is -2.54. The van der Waals surface area contributed by atoms with E-state index < -0.39 is 17.4 Å². The van der Waals surface area contributed by atoms with E-state index in [-0.39, 0.29) is 23.8 Å². The molecule has 4 heterocycles. The third-order valence-electron chi connectivity index (χ3n) is 8.14. The van der Waals surface area contributed by atoms with Crippen LogP contribution in [-0.2, 0) is 19.9 Å². The third-order valence-corrected chi connectivity index (χ3v) is 8.55. The molecule has 3 saturated heterocycles. The van der Waals surface area contributed by atoms with Gasteiger partial charge in [0.2, 0.25) is 17.7 Å². The quantitative estimate of drug-likeness (QED) is 0.664. The van der Waals surface area contributed by atoms with E-state index in [1.165, 1.54) is 12.0 Å². The number of anilines is 2. The van der Waals surface area contributed by atoms with E-state index in [9.17, 15) is 14.4 Å². The predicted molar refractivity (Wildman–Crippen MR) is 128 cm³/mol. The van der Waals surface area contributed by atoms with Crippen molar-refractivity contribution in [2.75, 3.05) is 23.9 Å². The molecule has 0 bridgehead atoms. The van der Waals surface area contributed by atoms with Gasteiger partial charge in [-0.05, 0) is 57.4 Å². The smallest absolute Gasteiger partial charge is 0.250 e. The molecular formula is C26H26ClN3O4. The van der Waals surface area contributed by atoms with Gasteiger partial charge in [-0.15, -0.1) is 0 Å². The summed E-state index contributed by atoms with van der Waals surface area (Å²) in [6.45, 7) is 6.46. The summed E-state index contributed by atoms with van der Waals surface area (Å²) in [5.41, 5.74) is 3.50. The van der Waals surface area contributed by atoms with E-state index in [1.54, 1.807) is 12.1 Å². The summed E-state index contributed by atoms with van der Waals surface area (Å²) in [6.07, 6.45) is 1.66. The average Bonchev–Trinajstić information content (AvgIpc) is 3.49. The van der Waals surface area contributed by atoms with Gasteiger partial charge in [0.15, 0.2) is 0 Å². The van der Waals surface area contributed by atoms with E-state index in [0.717, 1.165) is 40.8 Å². The molecule has 1 spiro atoms. The number of amides is 3. The van der Waals surface area contributed by atoms with Crippen molar-refractivity contribution in [1.29, 1.82) is 0 Å². The number of nitrogens with zero attached hydrogens (tertiary/aromatic N) is 2. The van der Waals surface area contributed by atoms with Crippen molar-refractivity contribution in [2.24, 2.45) is 11.8 Å². The molecule has 0 saturated carbocycles. The maximum Gasteiger partial charge on any atom is 0.250 e. The lowest BCUT2D eigenvalue weighted by molar-refractivity contribution is -0.135. The zero-order valence-corrected chi connectivity index (χ0v) is 20.3. The van der Waals surface area contributed by atoms with Gasteiger partial charge >= 0.3 is 0 Å². The van der Waals surface area contributed by atoms with Crippen molar-refractivity contribution in [1.82, 2.24) is 4.90 Å². The van der Waals surface area contributed by atoms with Gasteiger partial charge in [0.05, 0.1) is 24.6 Å². The van der Waals surface area contributed by atoms with Gasteiger partial charge in [-0.2, -0.15) is 0 Å². The number of fused-ring (bicyclic) bond motifs is 7. The summed E-state index contributed by atoms with van der Waals surface area (Å²) in [4.78, 5) is 45.4. The Morgan fingerprint density at radius 3 is 2.56 bits per heavy atom. The first-order chi connectivity index (χ1) is 16.2. The Morgan fingerprint density at radius 2 is 1.82 bits per heavy atom. The Labute approximate surface area is 203 Å². The number of nitrogens with one attached hydrogen (secondary N) is 1. The monoisotopic (exact) mass is 479 g/mol. The SMILES string of the molecule is COc1cc(Cl)c(C)cc1N1C(=O)[C@@H]2[C@H]3CCCN3[C@@]3(C(=O)Nc4c(C)cc(C)cc43)[C@H]2C1=O. The predicted octanol–water partition coefficient (Wildman–Crippen LogP) is 3.71. The summed E-state index contributed by atoms with van der Waals surface area (Å²) in [5.74, 6) is -1.86. The van der Waals surface area contributed by atoms with E-state index in [1.807, 2.05) is 32.9 Å². The van der Waals surface area contributed by atoms with Gasteiger partial charge in [0, 0.05) is 28.4 Å². The first kappa shape index (κ1) is 21.6. The normalized spacial score (nSPS) is 29.6. The van der Waals surface area contributed by atoms with Gasteiger partial charge in [-0.25, -0.2) is 4.90 Å². The summed E-state index contributed by atoms with van der Waals surface area (Å²) < 4.78 is 5.50. The standard InChI is InChI=1S/C26H26ClN3O4/c1-12-8-14(3)22-15(9-12)26(25(33)28-22)21-20(17-6-5-7-29(17)26)23(31)30(24(21)32)18-10-13(2)16(27)11-19(18)34-4/h8-11,17,20-21H,5-7H2,1-4H3,(H,28,33)/t17-,20-,21-,26-/m1/s1. The highest BCUT2D eigenvalue weighted by molar-refractivity contribution is 6.32. The van der Waals surface area contributed by atoms with Crippen molar-refractivity contribution in [3.63, 3.8) is 0 Å². The highest BCUT2D eigenvalue weighted by atomic mass is 35.5. The number of rotatable bonds is 2. The van der Waals surface area contributed by atoms with Gasteiger partial charge in [0.25, 0.3) is 0 Å². The number of carbonyl (C=O) groups is 3. The van der Waals surface area contributed by atoms with Crippen LogP contribution in [0, 0.1) is 32.6 Å². The van der Waals surface area contributed by atoms with Crippen LogP contribution < -0.4 is 15.0 Å². The molecule has 7 nitrogen and oxygen atoms in total. The summed E-state index contributed by atoms with van der Waals surface area (Å²) in [6, 6.07) is 7.22. The number of hydrogen-bond donors (Lipinski definition) is 1. The Morgan fingerprint density at radius 1 is 1.06 bits per heavy atom. The molecule has 8 heteroatoms. The molecule has 6 rings (SSSR count). The Hall–Kier alpha value is -2.90. The molecular weight excluding hydrogens is 454 g/mol. The van der Waals surface area contributed by atoms with Crippen LogP contribution in [0.25, 0.3) is 0 Å². The maximum absolute atomic E-state index is 14.2. The fourth-order valence-corrected chi connectivity index (χ4v) is 7.04. The van der Waals surface area contributed by atoms with Crippen LogP contribution >= 0.6 is 11.6 Å². The molecule has 1 N–H and O–H groups in total. The van der Waals surface area contributed by atoms with Crippen molar-refractivity contribution in [3.8, 4) is 5.75 Å². The molecule has 4 atom stereocenters. The lowest BCUT2D eigenvalue weighted by Gasteiger charge is -2.37. The highest BCUT2D eigenvalue weighted by Crippen LogP contribution is 2.61. The molecule has 0 aromatic heterocycles. The minimum atomic E-state index is -1.19. The number of aryl methyl sites for hydroxylation is 3. The number of carbonyl (C=O) groups excluding carboxylic acids is 3. The first-order valence-electron chi connectivity index (χ1n) is 11.6. The minimum absolute atomic E-state index is 0.164. The fraction of sp³-hybridized carbons (Fsp3) is 0.423. The molecule has 0 unspecified atom stereocenters. The second kappa shape index (κ2) is 7.06. The lowest BCUT2D eigenvalue weighted by atomic mass is 9.75. The zero-order valence-electron chi connectivity index (χ0n) is 19.6. The molecule has 34 heavy (non-hydrogen) atoms. The van der Waals surface area contributed by atoms with Gasteiger partial charge in [-0.1, -0.05) is 29.3 Å². The summed E-state index contributed by atoms with van der Waals surface area (Å²) in [5, 5.41) is 3.57. The molecule has 4 aliphatic heterocycles. The number of imide groups is 1. The number of hydrogen-bond acceptors (Lipinski definition) is 5. The molecule has 2 aromatic rings. The van der Waals surface area contributed by atoms with E-state index in [0.29, 0.717) is 23.0 Å². The maximum atomic E-state index is 14.2. The molecule has 3 amide bonds. The van der Waals surface area contributed by atoms with Crippen LogP contribution in [0.1, 0.15) is 35.1 Å². The summed E-state index contributed by atoms with van der Waals surface area (Å²) in [7, 11) is 1.49. The second-order valence-corrected chi connectivity index (χ2v) is 10.3. The Kier molecular flexibility index (Phi) is 4.49. The van der Waals surface area contributed by atoms with Crippen molar-refractivity contribution >= 4 is 40.7 Å². The van der Waals surface area contributed by atoms with Crippen LogP contribution in [0.5, 0.6) is 5.75 Å². The summed E-state index contributed by atoms with van der Waals surface area (Å²) >= 11 is 6.29. The van der Waals surface area contributed by atoms with Crippen LogP contribution in [0.3, 0.4) is 0 Å². The second-order valence-electron chi connectivity index (χ2n) is 9.92. The van der Waals surface area contributed by atoms with Gasteiger partial charge in [-0.3, -0.25) is 19.3 Å². The Balaban J connectivity index is 1.58. The van der Waals surface area contributed by atoms with Crippen LogP contribution in [-0.4, -0.2) is 42.3 Å². The third kappa shape index (κ3) is 2.44. The Bertz CT molecular complexity index is 1310. The van der Waals surface area contributed by atoms with E-state index in [2.05, 4.69) is 10.2 Å². The molecule has 2 aromatic carbocycles. The highest BCUT2D eigenvalue weighted by Gasteiger charge is 2.74.